The molecule has 0 aromatic heterocycles. The maximum atomic E-state index is 14.0. The number of ether oxygens (including phenoxy) is 1. The first-order chi connectivity index (χ1) is 12.0. The molecule has 0 saturated carbocycles. The number of hydrogen-bond acceptors (Lipinski definition) is 3. The number of nitrogens with zero attached hydrogens (tertiary/aromatic N) is 1. The van der Waals surface area contributed by atoms with Gasteiger partial charge in [-0.25, -0.2) is 13.6 Å². The van der Waals surface area contributed by atoms with Crippen molar-refractivity contribution in [3.8, 4) is 0 Å². The molecule has 1 aliphatic rings. The molecule has 0 unspecified atom stereocenters. The molecule has 0 radical (unpaired) electrons. The first-order valence-corrected chi connectivity index (χ1v) is 7.94. The van der Waals surface area contributed by atoms with Crippen LogP contribution in [0.1, 0.15) is 17.5 Å². The quantitative estimate of drug-likeness (QED) is 0.857. The number of halogens is 2. The van der Waals surface area contributed by atoms with Crippen LogP contribution >= 0.6 is 0 Å². The maximum absolute atomic E-state index is 14.0. The molecule has 0 fully saturated rings. The number of amides is 1. The van der Waals surface area contributed by atoms with Crippen molar-refractivity contribution in [3.05, 3.63) is 71.3 Å². The Morgan fingerprint density at radius 3 is 2.44 bits per heavy atom. The van der Waals surface area contributed by atoms with Crippen LogP contribution in [0.25, 0.3) is 5.57 Å². The van der Waals surface area contributed by atoms with Crippen molar-refractivity contribution in [2.24, 2.45) is 0 Å². The molecule has 0 aliphatic carbocycles. The highest BCUT2D eigenvalue weighted by Gasteiger charge is 2.22. The number of carbonyl (C=O) groups is 1. The van der Waals surface area contributed by atoms with Crippen LogP contribution in [0.3, 0.4) is 0 Å². The van der Waals surface area contributed by atoms with Gasteiger partial charge in [0.15, 0.2) is 0 Å². The Labute approximate surface area is 144 Å². The van der Waals surface area contributed by atoms with E-state index in [0.29, 0.717) is 18.5 Å². The van der Waals surface area contributed by atoms with Crippen LogP contribution in [0.5, 0.6) is 0 Å². The Hall–Kier alpha value is -2.89. The summed E-state index contributed by atoms with van der Waals surface area (Å²) < 4.78 is 33.3. The molecular formula is C19H18F2N2O2. The van der Waals surface area contributed by atoms with E-state index >= 15 is 0 Å². The average Bonchev–Trinajstić information content (AvgIpc) is 2.60. The summed E-state index contributed by atoms with van der Waals surface area (Å²) in [6.07, 6.45) is 1.54. The van der Waals surface area contributed by atoms with Gasteiger partial charge in [-0.1, -0.05) is 36.4 Å². The van der Waals surface area contributed by atoms with Crippen molar-refractivity contribution in [3.63, 3.8) is 0 Å². The van der Waals surface area contributed by atoms with Gasteiger partial charge in [0.1, 0.15) is 18.2 Å². The lowest BCUT2D eigenvalue weighted by Gasteiger charge is -2.26. The van der Waals surface area contributed by atoms with E-state index in [4.69, 9.17) is 10.5 Å². The topological polar surface area (TPSA) is 55.6 Å². The zero-order chi connectivity index (χ0) is 17.8. The molecule has 0 bridgehead atoms. The van der Waals surface area contributed by atoms with E-state index < -0.39 is 17.7 Å². The molecule has 0 spiro atoms. The second-order valence-corrected chi connectivity index (χ2v) is 5.83. The smallest absolute Gasteiger partial charge is 0.410 e. The van der Waals surface area contributed by atoms with Gasteiger partial charge in [0.25, 0.3) is 0 Å². The van der Waals surface area contributed by atoms with Gasteiger partial charge in [0.2, 0.25) is 0 Å². The summed E-state index contributed by atoms with van der Waals surface area (Å²) in [4.78, 5) is 13.6. The van der Waals surface area contributed by atoms with E-state index in [2.05, 4.69) is 0 Å². The summed E-state index contributed by atoms with van der Waals surface area (Å²) >= 11 is 0. The Morgan fingerprint density at radius 1 is 1.16 bits per heavy atom. The van der Waals surface area contributed by atoms with E-state index in [9.17, 15) is 13.6 Å². The van der Waals surface area contributed by atoms with Crippen LogP contribution in [0.2, 0.25) is 0 Å². The largest absolute Gasteiger partial charge is 0.445 e. The highest BCUT2D eigenvalue weighted by atomic mass is 19.1. The van der Waals surface area contributed by atoms with Gasteiger partial charge in [-0.15, -0.1) is 0 Å². The lowest BCUT2D eigenvalue weighted by atomic mass is 9.98. The van der Waals surface area contributed by atoms with Crippen LogP contribution in [0.15, 0.2) is 48.5 Å². The summed E-state index contributed by atoms with van der Waals surface area (Å²) in [5.74, 6) is -1.38. The third-order valence-electron chi connectivity index (χ3n) is 4.06. The second-order valence-electron chi connectivity index (χ2n) is 5.83. The first-order valence-electron chi connectivity index (χ1n) is 7.94. The van der Waals surface area contributed by atoms with Crippen molar-refractivity contribution in [2.45, 2.75) is 13.0 Å². The monoisotopic (exact) mass is 344 g/mol. The van der Waals surface area contributed by atoms with Crippen molar-refractivity contribution >= 4 is 17.4 Å². The fourth-order valence-corrected chi connectivity index (χ4v) is 2.77. The number of nitrogens with two attached hydrogens (primary N) is 1. The predicted molar refractivity (Wildman–Crippen MR) is 91.6 cm³/mol. The normalized spacial score (nSPS) is 14.2. The molecule has 0 saturated heterocycles. The Kier molecular flexibility index (Phi) is 4.97. The highest BCUT2D eigenvalue weighted by molar-refractivity contribution is 5.73. The summed E-state index contributed by atoms with van der Waals surface area (Å²) in [6.45, 7) is 0.767. The summed E-state index contributed by atoms with van der Waals surface area (Å²) in [5, 5.41) is 0. The van der Waals surface area contributed by atoms with Crippen LogP contribution in [0.4, 0.5) is 19.3 Å². The molecule has 3 rings (SSSR count). The lowest BCUT2D eigenvalue weighted by molar-refractivity contribution is 0.0998. The molecule has 0 atom stereocenters. The molecule has 6 heteroatoms. The van der Waals surface area contributed by atoms with Crippen LogP contribution in [-0.2, 0) is 11.3 Å². The Bertz CT molecular complexity index is 783. The standard InChI is InChI=1S/C19H18F2N2O2/c20-16-10-15(22)11-17(21)18(16)14-6-8-23(9-7-14)19(24)25-12-13-4-2-1-3-5-13/h1-6,10-11H,7-9,12,22H2. The van der Waals surface area contributed by atoms with Gasteiger partial charge in [0, 0.05) is 24.3 Å². The number of benzene rings is 2. The first kappa shape index (κ1) is 17.0. The number of nitrogen functional groups attached to an aromatic ring is 1. The molecule has 25 heavy (non-hydrogen) atoms. The van der Waals surface area contributed by atoms with Gasteiger partial charge < -0.3 is 15.4 Å². The predicted octanol–water partition coefficient (Wildman–Crippen LogP) is 3.97. The lowest BCUT2D eigenvalue weighted by Crippen LogP contribution is -2.35. The molecule has 1 aliphatic heterocycles. The SMILES string of the molecule is Nc1cc(F)c(C2=CCN(C(=O)OCc3ccccc3)CC2)c(F)c1. The number of hydrogen-bond donors (Lipinski definition) is 1. The fourth-order valence-electron chi connectivity index (χ4n) is 2.77. The van der Waals surface area contributed by atoms with Crippen molar-refractivity contribution in [1.82, 2.24) is 4.90 Å². The summed E-state index contributed by atoms with van der Waals surface area (Å²) in [6, 6.07) is 11.6. The molecule has 4 nitrogen and oxygen atoms in total. The number of carbonyl (C=O) groups excluding carboxylic acids is 1. The molecule has 130 valence electrons. The summed E-state index contributed by atoms with van der Waals surface area (Å²) in [7, 11) is 0. The van der Waals surface area contributed by atoms with E-state index in [-0.39, 0.29) is 24.4 Å². The molecule has 2 aromatic carbocycles. The minimum absolute atomic E-state index is 0.0428. The highest BCUT2D eigenvalue weighted by Crippen LogP contribution is 2.29. The van der Waals surface area contributed by atoms with Crippen molar-refractivity contribution < 1.29 is 18.3 Å². The van der Waals surface area contributed by atoms with Gasteiger partial charge >= 0.3 is 6.09 Å². The molecule has 1 amide bonds. The second kappa shape index (κ2) is 7.34. The zero-order valence-corrected chi connectivity index (χ0v) is 13.5. The minimum Gasteiger partial charge on any atom is -0.445 e. The van der Waals surface area contributed by atoms with Gasteiger partial charge in [-0.05, 0) is 29.7 Å². The van der Waals surface area contributed by atoms with Gasteiger partial charge in [0.05, 0.1) is 0 Å². The van der Waals surface area contributed by atoms with E-state index in [1.54, 1.807) is 6.08 Å². The maximum Gasteiger partial charge on any atom is 0.410 e. The van der Waals surface area contributed by atoms with E-state index in [1.807, 2.05) is 30.3 Å². The van der Waals surface area contributed by atoms with Gasteiger partial charge in [-0.3, -0.25) is 0 Å². The molecular weight excluding hydrogens is 326 g/mol. The van der Waals surface area contributed by atoms with Crippen molar-refractivity contribution in [1.29, 1.82) is 0 Å². The van der Waals surface area contributed by atoms with Crippen LogP contribution in [-0.4, -0.2) is 24.1 Å². The third kappa shape index (κ3) is 3.96. The van der Waals surface area contributed by atoms with E-state index in [1.165, 1.54) is 4.90 Å². The molecule has 1 heterocycles. The average molecular weight is 344 g/mol. The number of rotatable bonds is 3. The zero-order valence-electron chi connectivity index (χ0n) is 13.5. The Morgan fingerprint density at radius 2 is 1.84 bits per heavy atom. The van der Waals surface area contributed by atoms with E-state index in [0.717, 1.165) is 17.7 Å². The summed E-state index contributed by atoms with van der Waals surface area (Å²) in [5.41, 5.74) is 6.83. The van der Waals surface area contributed by atoms with Crippen LogP contribution < -0.4 is 5.73 Å². The Balaban J connectivity index is 1.63. The van der Waals surface area contributed by atoms with Crippen LogP contribution in [0, 0.1) is 11.6 Å². The third-order valence-corrected chi connectivity index (χ3v) is 4.06. The van der Waals surface area contributed by atoms with Gasteiger partial charge in [-0.2, -0.15) is 0 Å². The fraction of sp³-hybridized carbons (Fsp3) is 0.211. The molecule has 2 aromatic rings. The minimum atomic E-state index is -0.691. The van der Waals surface area contributed by atoms with Crippen molar-refractivity contribution in [2.75, 3.05) is 18.8 Å². The number of anilines is 1. The molecule has 2 N–H and O–H groups in total.